The third-order valence-electron chi connectivity index (χ3n) is 2.79. The van der Waals surface area contributed by atoms with Crippen molar-refractivity contribution in [2.45, 2.75) is 27.2 Å². The van der Waals surface area contributed by atoms with E-state index in [1.54, 1.807) is 6.92 Å². The van der Waals surface area contributed by atoms with Crippen LogP contribution >= 0.6 is 0 Å². The molecule has 78 valence electrons. The Hall–Kier alpha value is -1.44. The molecule has 1 aliphatic rings. The molecule has 0 N–H and O–H groups in total. The highest BCUT2D eigenvalue weighted by atomic mass is 16.1. The van der Waals surface area contributed by atoms with Gasteiger partial charge in [-0.2, -0.15) is 0 Å². The molecular formula is C13H15NO. The molecule has 2 heteroatoms. The van der Waals surface area contributed by atoms with E-state index in [4.69, 9.17) is 0 Å². The first kappa shape index (κ1) is 10.1. The van der Waals surface area contributed by atoms with Gasteiger partial charge in [0, 0.05) is 17.7 Å². The van der Waals surface area contributed by atoms with Crippen molar-refractivity contribution in [1.82, 2.24) is 0 Å². The number of fused-ring (bicyclic) bond motifs is 1. The van der Waals surface area contributed by atoms with Crippen LogP contribution < -0.4 is 0 Å². The van der Waals surface area contributed by atoms with Crippen molar-refractivity contribution in [2.75, 3.05) is 0 Å². The Balaban J connectivity index is 2.34. The van der Waals surface area contributed by atoms with Gasteiger partial charge in [0.1, 0.15) is 0 Å². The van der Waals surface area contributed by atoms with Gasteiger partial charge in [0.2, 0.25) is 0 Å². The molecule has 1 aromatic rings. The first-order valence-corrected chi connectivity index (χ1v) is 5.29. The van der Waals surface area contributed by atoms with Gasteiger partial charge in [-0.3, -0.25) is 9.79 Å². The van der Waals surface area contributed by atoms with Gasteiger partial charge >= 0.3 is 0 Å². The van der Waals surface area contributed by atoms with Gasteiger partial charge in [-0.25, -0.2) is 0 Å². The normalized spacial score (nSPS) is 14.0. The third kappa shape index (κ3) is 1.84. The molecule has 1 heterocycles. The van der Waals surface area contributed by atoms with Crippen LogP contribution in [0.2, 0.25) is 0 Å². The van der Waals surface area contributed by atoms with E-state index in [9.17, 15) is 4.79 Å². The molecule has 1 aliphatic heterocycles. The lowest BCUT2D eigenvalue weighted by Gasteiger charge is -2.02. The van der Waals surface area contributed by atoms with E-state index in [1.807, 2.05) is 18.2 Å². The minimum Gasteiger partial charge on any atom is -0.295 e. The standard InChI is InChI=1S/C13H15NO/c1-8(2)13-7-11-6-10(9(3)15)4-5-12(11)14-13/h4-6,8H,7H2,1-3H3. The fraction of sp³-hybridized carbons (Fsp3) is 0.385. The van der Waals surface area contributed by atoms with Crippen LogP contribution in [-0.4, -0.2) is 11.5 Å². The number of carbonyl (C=O) groups is 1. The minimum absolute atomic E-state index is 0.121. The second-order valence-corrected chi connectivity index (χ2v) is 4.33. The molecule has 15 heavy (non-hydrogen) atoms. The number of hydrogen-bond donors (Lipinski definition) is 0. The summed E-state index contributed by atoms with van der Waals surface area (Å²) < 4.78 is 0. The van der Waals surface area contributed by atoms with E-state index in [1.165, 1.54) is 11.3 Å². The van der Waals surface area contributed by atoms with Crippen molar-refractivity contribution in [1.29, 1.82) is 0 Å². The van der Waals surface area contributed by atoms with Crippen LogP contribution in [0, 0.1) is 5.92 Å². The number of nitrogens with zero attached hydrogens (tertiary/aromatic N) is 1. The van der Waals surface area contributed by atoms with E-state index in [2.05, 4.69) is 18.8 Å². The molecule has 2 nitrogen and oxygen atoms in total. The summed E-state index contributed by atoms with van der Waals surface area (Å²) in [7, 11) is 0. The number of hydrogen-bond acceptors (Lipinski definition) is 2. The second-order valence-electron chi connectivity index (χ2n) is 4.33. The van der Waals surface area contributed by atoms with E-state index < -0.39 is 0 Å². The van der Waals surface area contributed by atoms with Crippen molar-refractivity contribution in [3.63, 3.8) is 0 Å². The molecule has 0 amide bonds. The van der Waals surface area contributed by atoms with Gasteiger partial charge in [-0.1, -0.05) is 13.8 Å². The van der Waals surface area contributed by atoms with Crippen LogP contribution in [0.4, 0.5) is 5.69 Å². The Morgan fingerprint density at radius 2 is 2.13 bits per heavy atom. The summed E-state index contributed by atoms with van der Waals surface area (Å²) in [6.07, 6.45) is 0.897. The third-order valence-corrected chi connectivity index (χ3v) is 2.79. The van der Waals surface area contributed by atoms with Crippen molar-refractivity contribution in [2.24, 2.45) is 10.9 Å². The van der Waals surface area contributed by atoms with Crippen molar-refractivity contribution >= 4 is 17.2 Å². The molecule has 0 bridgehead atoms. The van der Waals surface area contributed by atoms with Gasteiger partial charge in [-0.15, -0.1) is 0 Å². The predicted octanol–water partition coefficient (Wildman–Crippen LogP) is 3.17. The molecule has 0 saturated heterocycles. The average molecular weight is 201 g/mol. The molecule has 0 aliphatic carbocycles. The average Bonchev–Trinajstić information content (AvgIpc) is 2.59. The number of Topliss-reactive ketones (excluding diaryl/α,β-unsaturated/α-hetero) is 1. The van der Waals surface area contributed by atoms with Gasteiger partial charge in [0.05, 0.1) is 5.69 Å². The Morgan fingerprint density at radius 3 is 2.73 bits per heavy atom. The largest absolute Gasteiger partial charge is 0.295 e. The summed E-state index contributed by atoms with van der Waals surface area (Å²) in [6, 6.07) is 5.77. The molecule has 1 aromatic carbocycles. The molecule has 2 rings (SSSR count). The van der Waals surface area contributed by atoms with Crippen LogP contribution in [-0.2, 0) is 6.42 Å². The molecule has 0 atom stereocenters. The number of benzene rings is 1. The van der Waals surface area contributed by atoms with E-state index in [0.29, 0.717) is 5.92 Å². The summed E-state index contributed by atoms with van der Waals surface area (Å²) in [5.74, 6) is 0.606. The highest BCUT2D eigenvalue weighted by molar-refractivity contribution is 5.98. The first-order chi connectivity index (χ1) is 7.08. The number of rotatable bonds is 2. The predicted molar refractivity (Wildman–Crippen MR) is 62.1 cm³/mol. The van der Waals surface area contributed by atoms with Crippen molar-refractivity contribution in [3.8, 4) is 0 Å². The van der Waals surface area contributed by atoms with Crippen LogP contribution in [0.15, 0.2) is 23.2 Å². The zero-order chi connectivity index (χ0) is 11.0. The maximum absolute atomic E-state index is 11.2. The summed E-state index contributed by atoms with van der Waals surface area (Å²) >= 11 is 0. The lowest BCUT2D eigenvalue weighted by Crippen LogP contribution is -2.06. The second kappa shape index (κ2) is 3.61. The molecular weight excluding hydrogens is 186 g/mol. The lowest BCUT2D eigenvalue weighted by molar-refractivity contribution is 0.101. The summed E-state index contributed by atoms with van der Waals surface area (Å²) in [4.78, 5) is 15.8. The van der Waals surface area contributed by atoms with Gasteiger partial charge in [-0.05, 0) is 36.6 Å². The molecule has 0 aromatic heterocycles. The molecule has 0 fully saturated rings. The van der Waals surface area contributed by atoms with Crippen LogP contribution in [0.25, 0.3) is 0 Å². The molecule has 0 radical (unpaired) electrons. The van der Waals surface area contributed by atoms with E-state index in [0.717, 1.165) is 17.7 Å². The van der Waals surface area contributed by atoms with Crippen molar-refractivity contribution in [3.05, 3.63) is 29.3 Å². The van der Waals surface area contributed by atoms with Gasteiger partial charge < -0.3 is 0 Å². The monoisotopic (exact) mass is 201 g/mol. The fourth-order valence-electron chi connectivity index (χ4n) is 1.78. The van der Waals surface area contributed by atoms with Crippen LogP contribution in [0.3, 0.4) is 0 Å². The minimum atomic E-state index is 0.121. The maximum atomic E-state index is 11.2. The topological polar surface area (TPSA) is 29.4 Å². The van der Waals surface area contributed by atoms with Crippen LogP contribution in [0.5, 0.6) is 0 Å². The van der Waals surface area contributed by atoms with Gasteiger partial charge in [0.25, 0.3) is 0 Å². The Kier molecular flexibility index (Phi) is 2.43. The highest BCUT2D eigenvalue weighted by Gasteiger charge is 2.17. The summed E-state index contributed by atoms with van der Waals surface area (Å²) in [5.41, 5.74) is 4.22. The molecule has 0 unspecified atom stereocenters. The van der Waals surface area contributed by atoms with E-state index in [-0.39, 0.29) is 5.78 Å². The summed E-state index contributed by atoms with van der Waals surface area (Å²) in [6.45, 7) is 5.90. The molecule has 0 spiro atoms. The zero-order valence-corrected chi connectivity index (χ0v) is 9.37. The number of carbonyl (C=O) groups excluding carboxylic acids is 1. The van der Waals surface area contributed by atoms with Gasteiger partial charge in [0.15, 0.2) is 5.78 Å². The first-order valence-electron chi connectivity index (χ1n) is 5.29. The Bertz CT molecular complexity index is 444. The number of aliphatic imine (C=N–C) groups is 1. The smallest absolute Gasteiger partial charge is 0.159 e. The summed E-state index contributed by atoms with van der Waals surface area (Å²) in [5, 5.41) is 0. The number of ketones is 1. The lowest BCUT2D eigenvalue weighted by atomic mass is 10.0. The Labute approximate surface area is 90.0 Å². The zero-order valence-electron chi connectivity index (χ0n) is 9.37. The van der Waals surface area contributed by atoms with Crippen molar-refractivity contribution < 1.29 is 4.79 Å². The fourth-order valence-corrected chi connectivity index (χ4v) is 1.78. The molecule has 0 saturated carbocycles. The SMILES string of the molecule is CC(=O)c1ccc2c(c1)CC(C(C)C)=N2. The quantitative estimate of drug-likeness (QED) is 0.676. The maximum Gasteiger partial charge on any atom is 0.159 e. The highest BCUT2D eigenvalue weighted by Crippen LogP contribution is 2.29. The van der Waals surface area contributed by atoms with E-state index >= 15 is 0 Å². The van der Waals surface area contributed by atoms with Crippen LogP contribution in [0.1, 0.15) is 36.7 Å². The Morgan fingerprint density at radius 1 is 1.40 bits per heavy atom.